The number of piperazine rings is 1. The number of carbonyl (C=O) groups is 2. The molecule has 1 atom stereocenters. The fraction of sp³-hybridized carbons (Fsp3) is 0.364. The zero-order valence-electron chi connectivity index (χ0n) is 16.1. The molecule has 6 heteroatoms. The molecular weight excluding hydrogens is 357 g/mol. The molecule has 1 aliphatic rings. The van der Waals surface area contributed by atoms with Crippen molar-refractivity contribution in [2.45, 2.75) is 25.8 Å². The Balaban J connectivity index is 1.52. The van der Waals surface area contributed by atoms with E-state index in [1.807, 2.05) is 37.3 Å². The molecule has 0 bridgehead atoms. The van der Waals surface area contributed by atoms with Gasteiger partial charge in [0.05, 0.1) is 12.6 Å². The van der Waals surface area contributed by atoms with Crippen molar-refractivity contribution in [1.29, 1.82) is 0 Å². The van der Waals surface area contributed by atoms with Crippen LogP contribution in [-0.2, 0) is 16.0 Å². The van der Waals surface area contributed by atoms with E-state index in [9.17, 15) is 14.0 Å². The topological polar surface area (TPSA) is 61.4 Å². The molecule has 2 N–H and O–H groups in total. The zero-order chi connectivity index (χ0) is 19.9. The molecule has 2 aromatic rings. The average molecular weight is 383 g/mol. The minimum absolute atomic E-state index is 0.0431. The molecule has 5 nitrogen and oxygen atoms in total. The lowest BCUT2D eigenvalue weighted by Crippen LogP contribution is -2.51. The van der Waals surface area contributed by atoms with Crippen molar-refractivity contribution in [2.24, 2.45) is 0 Å². The van der Waals surface area contributed by atoms with Crippen LogP contribution in [0.25, 0.3) is 0 Å². The Morgan fingerprint density at radius 1 is 1.21 bits per heavy atom. The largest absolute Gasteiger partial charge is 0.347 e. The van der Waals surface area contributed by atoms with E-state index in [1.165, 1.54) is 17.7 Å². The van der Waals surface area contributed by atoms with Crippen LogP contribution in [0.1, 0.15) is 29.2 Å². The first-order valence-corrected chi connectivity index (χ1v) is 9.61. The molecule has 0 aliphatic carbocycles. The first kappa shape index (κ1) is 20.0. The van der Waals surface area contributed by atoms with Crippen molar-refractivity contribution in [3.05, 3.63) is 71.0 Å². The first-order chi connectivity index (χ1) is 13.5. The second-order valence-electron chi connectivity index (χ2n) is 7.12. The molecule has 2 aromatic carbocycles. The summed E-state index contributed by atoms with van der Waals surface area (Å²) in [6.45, 7) is 3.75. The third-order valence-electron chi connectivity index (χ3n) is 5.00. The zero-order valence-corrected chi connectivity index (χ0v) is 16.1. The van der Waals surface area contributed by atoms with Crippen molar-refractivity contribution in [3.63, 3.8) is 0 Å². The standard InChI is InChI=1S/C22H26FN3O2/c1-16-5-7-17(8-6-16)9-10-21(27)25-15-22(28)26-12-11-24-14-20(26)18-3-2-4-19(23)13-18/h2-8,13,20,24H,9-12,14-15H2,1H3,(H,25,27). The van der Waals surface area contributed by atoms with Gasteiger partial charge in [-0.15, -0.1) is 0 Å². The Labute approximate surface area is 164 Å². The molecule has 1 fully saturated rings. The van der Waals surface area contributed by atoms with Gasteiger partial charge in [0, 0.05) is 26.1 Å². The minimum atomic E-state index is -0.320. The van der Waals surface area contributed by atoms with E-state index in [0.29, 0.717) is 32.5 Å². The SMILES string of the molecule is Cc1ccc(CCC(=O)NCC(=O)N2CCNCC2c2cccc(F)c2)cc1. The lowest BCUT2D eigenvalue weighted by molar-refractivity contribution is -0.135. The number of nitrogens with one attached hydrogen (secondary N) is 2. The summed E-state index contributed by atoms with van der Waals surface area (Å²) in [6, 6.07) is 14.1. The number of carbonyl (C=O) groups excluding carboxylic acids is 2. The molecule has 148 valence electrons. The fourth-order valence-electron chi connectivity index (χ4n) is 3.39. The highest BCUT2D eigenvalue weighted by Gasteiger charge is 2.28. The maximum atomic E-state index is 13.6. The van der Waals surface area contributed by atoms with Crippen LogP contribution >= 0.6 is 0 Å². The molecule has 28 heavy (non-hydrogen) atoms. The predicted molar refractivity (Wildman–Crippen MR) is 106 cm³/mol. The summed E-state index contributed by atoms with van der Waals surface area (Å²) in [5.41, 5.74) is 3.04. The van der Waals surface area contributed by atoms with Gasteiger partial charge in [-0.2, -0.15) is 0 Å². The molecule has 0 radical (unpaired) electrons. The summed E-state index contributed by atoms with van der Waals surface area (Å²) >= 11 is 0. The number of nitrogens with zero attached hydrogens (tertiary/aromatic N) is 1. The molecular formula is C22H26FN3O2. The highest BCUT2D eigenvalue weighted by molar-refractivity contribution is 5.85. The number of halogens is 1. The molecule has 2 amide bonds. The lowest BCUT2D eigenvalue weighted by Gasteiger charge is -2.36. The first-order valence-electron chi connectivity index (χ1n) is 9.61. The third kappa shape index (κ3) is 5.39. The van der Waals surface area contributed by atoms with Crippen LogP contribution in [0.4, 0.5) is 4.39 Å². The van der Waals surface area contributed by atoms with Gasteiger partial charge in [-0.3, -0.25) is 9.59 Å². The van der Waals surface area contributed by atoms with E-state index in [2.05, 4.69) is 10.6 Å². The van der Waals surface area contributed by atoms with E-state index in [-0.39, 0.29) is 30.2 Å². The summed E-state index contributed by atoms with van der Waals surface area (Å²) in [5.74, 6) is -0.620. The van der Waals surface area contributed by atoms with Gasteiger partial charge in [-0.25, -0.2) is 4.39 Å². The van der Waals surface area contributed by atoms with Crippen molar-refractivity contribution in [3.8, 4) is 0 Å². The number of benzene rings is 2. The van der Waals surface area contributed by atoms with Gasteiger partial charge in [0.1, 0.15) is 5.82 Å². The van der Waals surface area contributed by atoms with Crippen molar-refractivity contribution < 1.29 is 14.0 Å². The molecule has 0 spiro atoms. The number of aryl methyl sites for hydroxylation is 2. The van der Waals surface area contributed by atoms with Crippen molar-refractivity contribution in [1.82, 2.24) is 15.5 Å². The van der Waals surface area contributed by atoms with Crippen LogP contribution in [0.2, 0.25) is 0 Å². The summed E-state index contributed by atoms with van der Waals surface area (Å²) in [4.78, 5) is 26.5. The number of hydrogen-bond acceptors (Lipinski definition) is 3. The van der Waals surface area contributed by atoms with Crippen LogP contribution in [-0.4, -0.2) is 42.9 Å². The predicted octanol–water partition coefficient (Wildman–Crippen LogP) is 2.36. The molecule has 0 aromatic heterocycles. The van der Waals surface area contributed by atoms with Gasteiger partial charge < -0.3 is 15.5 Å². The van der Waals surface area contributed by atoms with Gasteiger partial charge in [-0.05, 0) is 36.6 Å². The fourth-order valence-corrected chi connectivity index (χ4v) is 3.39. The average Bonchev–Trinajstić information content (AvgIpc) is 2.71. The lowest BCUT2D eigenvalue weighted by atomic mass is 10.0. The van der Waals surface area contributed by atoms with Crippen molar-refractivity contribution in [2.75, 3.05) is 26.2 Å². The van der Waals surface area contributed by atoms with Crippen LogP contribution < -0.4 is 10.6 Å². The summed E-state index contributed by atoms with van der Waals surface area (Å²) < 4.78 is 13.6. The molecule has 3 rings (SSSR count). The number of hydrogen-bond donors (Lipinski definition) is 2. The Morgan fingerprint density at radius 2 is 2.00 bits per heavy atom. The van der Waals surface area contributed by atoms with Gasteiger partial charge >= 0.3 is 0 Å². The summed E-state index contributed by atoms with van der Waals surface area (Å²) in [6.07, 6.45) is 0.977. The number of rotatable bonds is 6. The molecule has 1 saturated heterocycles. The van der Waals surface area contributed by atoms with Crippen LogP contribution in [0, 0.1) is 12.7 Å². The van der Waals surface area contributed by atoms with E-state index in [4.69, 9.17) is 0 Å². The quantitative estimate of drug-likeness (QED) is 0.805. The Morgan fingerprint density at radius 3 is 2.75 bits per heavy atom. The maximum Gasteiger partial charge on any atom is 0.242 e. The highest BCUT2D eigenvalue weighted by atomic mass is 19.1. The van der Waals surface area contributed by atoms with E-state index in [1.54, 1.807) is 11.0 Å². The van der Waals surface area contributed by atoms with Gasteiger partial charge in [-0.1, -0.05) is 42.0 Å². The second kappa shape index (κ2) is 9.46. The Hall–Kier alpha value is -2.73. The minimum Gasteiger partial charge on any atom is -0.347 e. The Bertz CT molecular complexity index is 823. The second-order valence-corrected chi connectivity index (χ2v) is 7.12. The van der Waals surface area contributed by atoms with Crippen LogP contribution in [0.3, 0.4) is 0 Å². The maximum absolute atomic E-state index is 13.6. The monoisotopic (exact) mass is 383 g/mol. The van der Waals surface area contributed by atoms with E-state index >= 15 is 0 Å². The summed E-state index contributed by atoms with van der Waals surface area (Å²) in [5, 5.41) is 5.96. The van der Waals surface area contributed by atoms with Gasteiger partial charge in [0.25, 0.3) is 0 Å². The third-order valence-corrected chi connectivity index (χ3v) is 5.00. The molecule has 1 unspecified atom stereocenters. The highest BCUT2D eigenvalue weighted by Crippen LogP contribution is 2.22. The molecule has 1 heterocycles. The smallest absolute Gasteiger partial charge is 0.242 e. The number of amides is 2. The van der Waals surface area contributed by atoms with Gasteiger partial charge in [0.2, 0.25) is 11.8 Å². The van der Waals surface area contributed by atoms with Crippen molar-refractivity contribution >= 4 is 11.8 Å². The molecule has 1 aliphatic heterocycles. The molecule has 0 saturated carbocycles. The van der Waals surface area contributed by atoms with Gasteiger partial charge in [0.15, 0.2) is 0 Å². The Kier molecular flexibility index (Phi) is 6.76. The van der Waals surface area contributed by atoms with E-state index in [0.717, 1.165) is 11.1 Å². The van der Waals surface area contributed by atoms with E-state index < -0.39 is 0 Å². The van der Waals surface area contributed by atoms with Crippen LogP contribution in [0.15, 0.2) is 48.5 Å². The van der Waals surface area contributed by atoms with Crippen LogP contribution in [0.5, 0.6) is 0 Å². The summed E-state index contributed by atoms with van der Waals surface area (Å²) in [7, 11) is 0. The normalized spacial score (nSPS) is 16.6.